The fourth-order valence-corrected chi connectivity index (χ4v) is 12.1. The summed E-state index contributed by atoms with van der Waals surface area (Å²) in [5.74, 6) is 0.793. The second kappa shape index (κ2) is 16.9. The molecule has 1 fully saturated rings. The maximum atomic E-state index is 2.80. The highest BCUT2D eigenvalue weighted by atomic mass is 15.3. The van der Waals surface area contributed by atoms with Crippen LogP contribution in [0.15, 0.2) is 188 Å². The Kier molecular flexibility index (Phi) is 10.8. The topological polar surface area (TPSA) is 16.3 Å². The zero-order valence-electron chi connectivity index (χ0n) is 41.0. The average molecular weight is 888 g/mol. The number of nitrogens with zero attached hydrogens (tertiary/aromatic N) is 4. The van der Waals surface area contributed by atoms with Crippen LogP contribution in [-0.2, 0) is 0 Å². The summed E-state index contributed by atoms with van der Waals surface area (Å²) in [6.07, 6.45) is 3.27. The molecule has 0 bridgehead atoms. The Bertz CT molecular complexity index is 3260. The van der Waals surface area contributed by atoms with Crippen molar-refractivity contribution in [3.63, 3.8) is 0 Å². The molecule has 339 valence electrons. The van der Waals surface area contributed by atoms with E-state index in [0.29, 0.717) is 11.8 Å². The van der Waals surface area contributed by atoms with Gasteiger partial charge in [-0.15, -0.1) is 0 Å². The van der Waals surface area contributed by atoms with E-state index in [1.54, 1.807) is 0 Å². The first-order valence-corrected chi connectivity index (χ1v) is 24.9. The first-order valence-electron chi connectivity index (χ1n) is 24.9. The number of fused-ring (bicyclic) bond motifs is 6. The van der Waals surface area contributed by atoms with E-state index in [1.165, 1.54) is 72.0 Å². The van der Waals surface area contributed by atoms with Crippen LogP contribution in [0.25, 0.3) is 55.0 Å². The van der Waals surface area contributed by atoms with Crippen molar-refractivity contribution >= 4 is 66.4 Å². The van der Waals surface area contributed by atoms with E-state index in [9.17, 15) is 0 Å². The van der Waals surface area contributed by atoms with Crippen LogP contribution in [0.3, 0.4) is 0 Å². The fraction of sp³-hybridized carbons (Fsp3) is 0.234. The quantitative estimate of drug-likeness (QED) is 0.129. The minimum atomic E-state index is -0.0800. The molecule has 0 N–H and O–H groups in total. The normalized spacial score (nSPS) is 14.9. The van der Waals surface area contributed by atoms with Gasteiger partial charge < -0.3 is 18.9 Å². The van der Waals surface area contributed by atoms with Gasteiger partial charge in [-0.25, -0.2) is 0 Å². The smallest absolute Gasteiger partial charge is 0.0994 e. The standard InChI is InChI=1S/C64H63N4/c1-9-64(10-2)42-63(7,8)68(61-51(43(3)4)28-21-29-52(61)44(5)6)62(64)45-32-34-48(35-33-45)65(49-36-38-59-55(40-49)53-26-17-19-30-57(53)66(59)46-22-13-11-14-23-46)50-37-39-60-56(41-50)54-27-18-20-31-58(54)67(60)47-24-15-12-16-25-47/h11-41,43-44H,9-10,42H2,1-8H3. The number of rotatable bonds is 11. The lowest BCUT2D eigenvalue weighted by Crippen LogP contribution is -2.42. The van der Waals surface area contributed by atoms with Crippen molar-refractivity contribution in [1.29, 1.82) is 0 Å². The molecule has 68 heavy (non-hydrogen) atoms. The summed E-state index contributed by atoms with van der Waals surface area (Å²) >= 11 is 0. The van der Waals surface area contributed by atoms with E-state index in [4.69, 9.17) is 0 Å². The number of para-hydroxylation sites is 5. The highest BCUT2D eigenvalue weighted by Gasteiger charge is 2.56. The lowest BCUT2D eigenvalue weighted by Gasteiger charge is -2.43. The number of hydrogen-bond acceptors (Lipinski definition) is 2. The lowest BCUT2D eigenvalue weighted by atomic mass is 9.71. The predicted octanol–water partition coefficient (Wildman–Crippen LogP) is 18.0. The van der Waals surface area contributed by atoms with Crippen molar-refractivity contribution in [1.82, 2.24) is 9.13 Å². The van der Waals surface area contributed by atoms with Crippen molar-refractivity contribution < 1.29 is 0 Å². The van der Waals surface area contributed by atoms with Crippen LogP contribution in [0.1, 0.15) is 103 Å². The SMILES string of the molecule is CCC1(CC)CC(C)(C)N(c2c(C(C)C)cccc2C(C)C)[C]1c1ccc(N(c2ccc3c(c2)c2ccccc2n3-c2ccccc2)c2ccc3c(c2)c2ccccc2n3-c2ccccc2)cc1. The zero-order chi connectivity index (χ0) is 46.9. The molecule has 0 aliphatic carbocycles. The van der Waals surface area contributed by atoms with Gasteiger partial charge in [0, 0.05) is 66.6 Å². The van der Waals surface area contributed by atoms with Crippen LogP contribution in [0.4, 0.5) is 22.7 Å². The third-order valence-corrected chi connectivity index (χ3v) is 15.3. The highest BCUT2D eigenvalue weighted by molar-refractivity contribution is 6.12. The Labute approximate surface area is 403 Å². The third kappa shape index (κ3) is 6.94. The molecule has 1 aliphatic heterocycles. The molecule has 3 heterocycles. The molecule has 11 rings (SSSR count). The molecule has 2 aromatic heterocycles. The van der Waals surface area contributed by atoms with E-state index >= 15 is 0 Å². The molecule has 0 spiro atoms. The van der Waals surface area contributed by atoms with Gasteiger partial charge in [0.1, 0.15) is 0 Å². The molecular formula is C64H63N4. The van der Waals surface area contributed by atoms with Crippen molar-refractivity contribution in [3.8, 4) is 11.4 Å². The second-order valence-electron chi connectivity index (χ2n) is 20.4. The first-order chi connectivity index (χ1) is 33.0. The van der Waals surface area contributed by atoms with Crippen molar-refractivity contribution in [2.45, 2.75) is 92.0 Å². The predicted molar refractivity (Wildman–Crippen MR) is 291 cm³/mol. The van der Waals surface area contributed by atoms with Crippen LogP contribution in [0.5, 0.6) is 0 Å². The van der Waals surface area contributed by atoms with E-state index in [-0.39, 0.29) is 11.0 Å². The maximum absolute atomic E-state index is 2.80. The Morgan fingerprint density at radius 2 is 0.882 bits per heavy atom. The first kappa shape index (κ1) is 43.5. The van der Waals surface area contributed by atoms with Crippen molar-refractivity contribution in [2.24, 2.45) is 5.41 Å². The van der Waals surface area contributed by atoms with Gasteiger partial charge in [0.25, 0.3) is 0 Å². The molecular weight excluding hydrogens is 825 g/mol. The van der Waals surface area contributed by atoms with E-state index in [1.807, 2.05) is 0 Å². The van der Waals surface area contributed by atoms with Gasteiger partial charge in [0.05, 0.1) is 28.1 Å². The highest BCUT2D eigenvalue weighted by Crippen LogP contribution is 2.60. The minimum Gasteiger partial charge on any atom is -0.353 e. The van der Waals surface area contributed by atoms with Crippen molar-refractivity contribution in [2.75, 3.05) is 9.80 Å². The van der Waals surface area contributed by atoms with E-state index in [2.05, 4.69) is 262 Å². The molecule has 1 aliphatic rings. The Balaban J connectivity index is 1.12. The van der Waals surface area contributed by atoms with Gasteiger partial charge in [0.2, 0.25) is 0 Å². The molecule has 0 saturated carbocycles. The van der Waals surface area contributed by atoms with E-state index < -0.39 is 0 Å². The molecule has 1 saturated heterocycles. The Morgan fingerprint density at radius 3 is 1.34 bits per heavy atom. The number of benzene rings is 8. The van der Waals surface area contributed by atoms with Gasteiger partial charge in [-0.2, -0.15) is 0 Å². The summed E-state index contributed by atoms with van der Waals surface area (Å²) in [5, 5.41) is 4.93. The summed E-state index contributed by atoms with van der Waals surface area (Å²) in [5.41, 5.74) is 16.0. The number of aromatic nitrogens is 2. The summed E-state index contributed by atoms with van der Waals surface area (Å²) in [6, 6.07) is 71.4. The second-order valence-corrected chi connectivity index (χ2v) is 20.4. The molecule has 4 nitrogen and oxygen atoms in total. The Hall–Kier alpha value is -7.04. The molecule has 8 aromatic carbocycles. The minimum absolute atomic E-state index is 0.0268. The van der Waals surface area contributed by atoms with E-state index in [0.717, 1.165) is 47.7 Å². The summed E-state index contributed by atoms with van der Waals surface area (Å²) in [7, 11) is 0. The van der Waals surface area contributed by atoms with Gasteiger partial charge in [-0.3, -0.25) is 0 Å². The van der Waals surface area contributed by atoms with Crippen LogP contribution >= 0.6 is 0 Å². The summed E-state index contributed by atoms with van der Waals surface area (Å²) < 4.78 is 4.81. The van der Waals surface area contributed by atoms with Crippen LogP contribution < -0.4 is 9.80 Å². The number of hydrogen-bond donors (Lipinski definition) is 0. The molecule has 1 radical (unpaired) electrons. The Morgan fingerprint density at radius 1 is 0.456 bits per heavy atom. The van der Waals surface area contributed by atoms with Crippen molar-refractivity contribution in [3.05, 3.63) is 211 Å². The van der Waals surface area contributed by atoms with Gasteiger partial charge >= 0.3 is 0 Å². The fourth-order valence-electron chi connectivity index (χ4n) is 12.1. The molecule has 0 atom stereocenters. The summed E-state index contributed by atoms with van der Waals surface area (Å²) in [6.45, 7) is 19.2. The summed E-state index contributed by atoms with van der Waals surface area (Å²) in [4.78, 5) is 5.27. The van der Waals surface area contributed by atoms with Crippen LogP contribution in [0.2, 0.25) is 0 Å². The van der Waals surface area contributed by atoms with Crippen LogP contribution in [-0.4, -0.2) is 14.7 Å². The monoisotopic (exact) mass is 888 g/mol. The maximum Gasteiger partial charge on any atom is 0.0994 e. The largest absolute Gasteiger partial charge is 0.353 e. The van der Waals surface area contributed by atoms with Gasteiger partial charge in [0.15, 0.2) is 0 Å². The third-order valence-electron chi connectivity index (χ3n) is 15.3. The molecule has 4 heteroatoms. The molecule has 0 unspecified atom stereocenters. The van der Waals surface area contributed by atoms with Gasteiger partial charge in [-0.1, -0.05) is 145 Å². The average Bonchev–Trinajstić information content (AvgIpc) is 3.96. The lowest BCUT2D eigenvalue weighted by molar-refractivity contribution is 0.284. The van der Waals surface area contributed by atoms with Gasteiger partial charge in [-0.05, 0) is 147 Å². The zero-order valence-corrected chi connectivity index (χ0v) is 41.0. The number of anilines is 4. The molecule has 0 amide bonds. The molecule has 10 aromatic rings. The van der Waals surface area contributed by atoms with Crippen LogP contribution in [0, 0.1) is 11.5 Å².